The number of hydrogen-bond acceptors (Lipinski definition) is 2. The molecule has 0 fully saturated rings. The van der Waals surface area contributed by atoms with Gasteiger partial charge < -0.3 is 5.73 Å². The van der Waals surface area contributed by atoms with Crippen molar-refractivity contribution in [3.63, 3.8) is 0 Å². The Morgan fingerprint density at radius 1 is 1.25 bits per heavy atom. The fourth-order valence-corrected chi connectivity index (χ4v) is 3.15. The molecular weight excluding hydrogens is 264 g/mol. The minimum absolute atomic E-state index is 0.166. The average molecular weight is 282 g/mol. The van der Waals surface area contributed by atoms with Gasteiger partial charge in [0.15, 0.2) is 0 Å². The van der Waals surface area contributed by atoms with E-state index < -0.39 is 0 Å². The topological polar surface area (TPSA) is 38.9 Å². The molecule has 1 heterocycles. The zero-order valence-corrected chi connectivity index (χ0v) is 12.2. The lowest BCUT2D eigenvalue weighted by molar-refractivity contribution is 0.632. The second-order valence-electron chi connectivity index (χ2n) is 5.40. The van der Waals surface area contributed by atoms with Crippen LogP contribution in [0.15, 0.2) is 42.6 Å². The summed E-state index contributed by atoms with van der Waals surface area (Å²) in [5.41, 5.74) is 10.8. The van der Waals surface area contributed by atoms with E-state index in [-0.39, 0.29) is 5.92 Å². The second-order valence-corrected chi connectivity index (χ2v) is 5.87. The molecule has 102 valence electrons. The molecule has 2 nitrogen and oxygen atoms in total. The molecule has 0 radical (unpaired) electrons. The minimum atomic E-state index is 0.166. The predicted octanol–water partition coefficient (Wildman–Crippen LogP) is 3.38. The maximum atomic E-state index is 5.84. The molecule has 3 rings (SSSR count). The van der Waals surface area contributed by atoms with Crippen molar-refractivity contribution in [3.05, 3.63) is 65.0 Å². The first-order valence-corrected chi connectivity index (χ1v) is 7.46. The van der Waals surface area contributed by atoms with Crippen molar-refractivity contribution in [1.82, 2.24) is 4.98 Å². The van der Waals surface area contributed by atoms with Crippen LogP contribution in [0.4, 0.5) is 0 Å². The van der Waals surface area contributed by atoms with E-state index in [0.717, 1.165) is 31.4 Å². The molecule has 0 bridgehead atoms. The Morgan fingerprint density at radius 2 is 2.05 bits per heavy atom. The molecule has 2 aromatic rings. The van der Waals surface area contributed by atoms with Crippen molar-refractivity contribution in [2.24, 2.45) is 5.73 Å². The van der Waals surface area contributed by atoms with Crippen molar-refractivity contribution >= 4 is 17.2 Å². The van der Waals surface area contributed by atoms with Gasteiger partial charge in [-0.25, -0.2) is 0 Å². The summed E-state index contributed by atoms with van der Waals surface area (Å²) in [7, 11) is 0. The fraction of sp³-hybridized carbons (Fsp3) is 0.294. The van der Waals surface area contributed by atoms with Crippen molar-refractivity contribution in [3.8, 4) is 0 Å². The zero-order valence-electron chi connectivity index (χ0n) is 11.4. The van der Waals surface area contributed by atoms with Gasteiger partial charge in [-0.05, 0) is 42.4 Å². The summed E-state index contributed by atoms with van der Waals surface area (Å²) in [6.45, 7) is 0. The van der Waals surface area contributed by atoms with Crippen LogP contribution in [0, 0.1) is 0 Å². The van der Waals surface area contributed by atoms with E-state index in [1.165, 1.54) is 16.7 Å². The number of pyridine rings is 1. The lowest BCUT2D eigenvalue weighted by Gasteiger charge is -2.23. The summed E-state index contributed by atoms with van der Waals surface area (Å²) in [4.78, 5) is 5.23. The number of fused-ring (bicyclic) bond motifs is 1. The van der Waals surface area contributed by atoms with E-state index in [1.807, 2.05) is 12.3 Å². The normalized spacial score (nSPS) is 17.5. The van der Waals surface area contributed by atoms with E-state index in [4.69, 9.17) is 18.0 Å². The number of thiocarbonyl (C=S) groups is 1. The van der Waals surface area contributed by atoms with Gasteiger partial charge in [0.2, 0.25) is 0 Å². The van der Waals surface area contributed by atoms with Crippen LogP contribution >= 0.6 is 12.2 Å². The Hall–Kier alpha value is -1.74. The number of aryl methyl sites for hydroxylation is 1. The molecule has 1 unspecified atom stereocenters. The summed E-state index contributed by atoms with van der Waals surface area (Å²) < 4.78 is 0. The van der Waals surface area contributed by atoms with E-state index in [2.05, 4.69) is 35.3 Å². The highest BCUT2D eigenvalue weighted by atomic mass is 32.1. The van der Waals surface area contributed by atoms with Crippen LogP contribution in [0.25, 0.3) is 0 Å². The minimum Gasteiger partial charge on any atom is -0.393 e. The van der Waals surface area contributed by atoms with Crippen LogP contribution in [0.3, 0.4) is 0 Å². The number of benzene rings is 1. The molecule has 0 saturated carbocycles. The van der Waals surface area contributed by atoms with Gasteiger partial charge in [0.25, 0.3) is 0 Å². The molecule has 2 N–H and O–H groups in total. The Morgan fingerprint density at radius 3 is 2.80 bits per heavy atom. The standard InChI is InChI=1S/C17H18N2S/c18-17(20)15-8-4-7-14-10-13(11-19-16(14)15)9-12-5-2-1-3-6-12/h1-3,5-6,10-11,15H,4,7-9H2,(H2,18,20). The molecule has 1 aliphatic carbocycles. The summed E-state index contributed by atoms with van der Waals surface area (Å²) in [5.74, 6) is 0.166. The highest BCUT2D eigenvalue weighted by Gasteiger charge is 2.23. The second kappa shape index (κ2) is 5.71. The van der Waals surface area contributed by atoms with Crippen molar-refractivity contribution < 1.29 is 0 Å². The van der Waals surface area contributed by atoms with Gasteiger partial charge in [0.05, 0.1) is 16.6 Å². The molecule has 0 saturated heterocycles. The third-order valence-corrected chi connectivity index (χ3v) is 4.21. The van der Waals surface area contributed by atoms with Crippen molar-refractivity contribution in [2.75, 3.05) is 0 Å². The van der Waals surface area contributed by atoms with Gasteiger partial charge in [-0.2, -0.15) is 0 Å². The zero-order chi connectivity index (χ0) is 13.9. The first-order valence-electron chi connectivity index (χ1n) is 7.05. The highest BCUT2D eigenvalue weighted by molar-refractivity contribution is 7.80. The number of aromatic nitrogens is 1. The summed E-state index contributed by atoms with van der Waals surface area (Å²) in [5, 5.41) is 0. The molecular formula is C17H18N2S. The van der Waals surface area contributed by atoms with E-state index in [0.29, 0.717) is 4.99 Å². The van der Waals surface area contributed by atoms with Crippen molar-refractivity contribution in [1.29, 1.82) is 0 Å². The Balaban J connectivity index is 1.88. The van der Waals surface area contributed by atoms with E-state index in [9.17, 15) is 0 Å². The molecule has 1 aromatic carbocycles. The number of nitrogens with two attached hydrogens (primary N) is 1. The summed E-state index contributed by atoms with van der Waals surface area (Å²) in [6, 6.07) is 12.8. The van der Waals surface area contributed by atoms with Gasteiger partial charge >= 0.3 is 0 Å². The maximum absolute atomic E-state index is 5.84. The van der Waals surface area contributed by atoms with Gasteiger partial charge in [0, 0.05) is 6.20 Å². The maximum Gasteiger partial charge on any atom is 0.0819 e. The smallest absolute Gasteiger partial charge is 0.0819 e. The number of nitrogens with zero attached hydrogens (tertiary/aromatic N) is 1. The monoisotopic (exact) mass is 282 g/mol. The van der Waals surface area contributed by atoms with Crippen LogP contribution in [0.1, 0.15) is 41.1 Å². The van der Waals surface area contributed by atoms with Gasteiger partial charge in [-0.1, -0.05) is 48.6 Å². The lowest BCUT2D eigenvalue weighted by Crippen LogP contribution is -2.24. The molecule has 0 aliphatic heterocycles. The van der Waals surface area contributed by atoms with E-state index in [1.54, 1.807) is 0 Å². The molecule has 1 aliphatic rings. The highest BCUT2D eigenvalue weighted by Crippen LogP contribution is 2.31. The summed E-state index contributed by atoms with van der Waals surface area (Å²) in [6.07, 6.45) is 6.17. The summed E-state index contributed by atoms with van der Waals surface area (Å²) >= 11 is 5.17. The van der Waals surface area contributed by atoms with Crippen molar-refractivity contribution in [2.45, 2.75) is 31.6 Å². The Bertz CT molecular complexity index is 622. The van der Waals surface area contributed by atoms with E-state index >= 15 is 0 Å². The Labute approximate surface area is 125 Å². The fourth-order valence-electron chi connectivity index (χ4n) is 2.92. The molecule has 1 atom stereocenters. The molecule has 0 amide bonds. The van der Waals surface area contributed by atoms with Gasteiger partial charge in [-0.3, -0.25) is 4.98 Å². The molecule has 3 heteroatoms. The molecule has 1 aromatic heterocycles. The lowest BCUT2D eigenvalue weighted by atomic mass is 9.85. The third-order valence-electron chi connectivity index (χ3n) is 3.92. The molecule has 20 heavy (non-hydrogen) atoms. The number of rotatable bonds is 3. The first-order chi connectivity index (χ1) is 9.74. The third kappa shape index (κ3) is 2.73. The van der Waals surface area contributed by atoms with Crippen LogP contribution < -0.4 is 5.73 Å². The number of hydrogen-bond donors (Lipinski definition) is 1. The van der Waals surface area contributed by atoms with Gasteiger partial charge in [0.1, 0.15) is 0 Å². The predicted molar refractivity (Wildman–Crippen MR) is 85.9 cm³/mol. The van der Waals surface area contributed by atoms with Crippen LogP contribution in [0.5, 0.6) is 0 Å². The Kier molecular flexibility index (Phi) is 3.79. The first kappa shape index (κ1) is 13.3. The van der Waals surface area contributed by atoms with Crippen LogP contribution in [0.2, 0.25) is 0 Å². The quantitative estimate of drug-likeness (QED) is 0.877. The van der Waals surface area contributed by atoms with Crippen LogP contribution in [-0.4, -0.2) is 9.97 Å². The largest absolute Gasteiger partial charge is 0.393 e. The van der Waals surface area contributed by atoms with Crippen LogP contribution in [-0.2, 0) is 12.8 Å². The molecule has 0 spiro atoms. The SMILES string of the molecule is NC(=S)C1CCCc2cc(Cc3ccccc3)cnc21. The van der Waals surface area contributed by atoms with Gasteiger partial charge in [-0.15, -0.1) is 0 Å². The average Bonchev–Trinajstić information content (AvgIpc) is 2.47.